The topological polar surface area (TPSA) is 84.3 Å². The molecule has 1 aromatic heterocycles. The second kappa shape index (κ2) is 4.59. The first kappa shape index (κ1) is 12.3. The van der Waals surface area contributed by atoms with Crippen LogP contribution in [0.1, 0.15) is 6.23 Å². The van der Waals surface area contributed by atoms with E-state index in [1.807, 2.05) is 4.98 Å². The van der Waals surface area contributed by atoms with Crippen molar-refractivity contribution in [3.05, 3.63) is 33.1 Å². The number of hydrogen-bond donors (Lipinski definition) is 2. The van der Waals surface area contributed by atoms with Gasteiger partial charge in [0.25, 0.3) is 5.56 Å². The quantitative estimate of drug-likeness (QED) is 0.697. The molecule has 0 bridgehead atoms. The second-order valence-corrected chi connectivity index (χ2v) is 3.98. The Morgan fingerprint density at radius 1 is 1.59 bits per heavy atom. The van der Waals surface area contributed by atoms with E-state index in [0.29, 0.717) is 0 Å². The van der Waals surface area contributed by atoms with Crippen LogP contribution in [0.4, 0.5) is 4.39 Å². The number of H-pyrrole nitrogens is 1. The lowest BCUT2D eigenvalue weighted by Gasteiger charge is -2.15. The molecule has 4 atom stereocenters. The molecule has 17 heavy (non-hydrogen) atoms. The van der Waals surface area contributed by atoms with E-state index in [0.717, 1.165) is 16.8 Å². The second-order valence-electron chi connectivity index (χ2n) is 3.67. The molecular formula is C9H10ClFN2O4. The maximum absolute atomic E-state index is 13.7. The highest BCUT2D eigenvalue weighted by atomic mass is 35.5. The number of aromatic amines is 1. The maximum Gasteiger partial charge on any atom is 0.330 e. The Hall–Kier alpha value is -1.18. The van der Waals surface area contributed by atoms with Crippen molar-refractivity contribution in [1.82, 2.24) is 9.55 Å². The molecule has 0 radical (unpaired) electrons. The lowest BCUT2D eigenvalue weighted by Crippen LogP contribution is -2.35. The summed E-state index contributed by atoms with van der Waals surface area (Å²) < 4.78 is 19.7. The average Bonchev–Trinajstić information content (AvgIpc) is 2.57. The minimum absolute atomic E-state index is 0.0871. The van der Waals surface area contributed by atoms with Crippen molar-refractivity contribution in [1.29, 1.82) is 0 Å². The van der Waals surface area contributed by atoms with E-state index in [4.69, 9.17) is 16.3 Å². The zero-order valence-corrected chi connectivity index (χ0v) is 9.30. The van der Waals surface area contributed by atoms with E-state index >= 15 is 0 Å². The third-order valence-electron chi connectivity index (χ3n) is 2.57. The summed E-state index contributed by atoms with van der Waals surface area (Å²) >= 11 is 5.49. The largest absolute Gasteiger partial charge is 0.387 e. The molecule has 0 spiro atoms. The Bertz CT molecular complexity index is 516. The number of aromatic nitrogens is 2. The van der Waals surface area contributed by atoms with Crippen LogP contribution in [0.5, 0.6) is 0 Å². The zero-order valence-electron chi connectivity index (χ0n) is 8.55. The fourth-order valence-corrected chi connectivity index (χ4v) is 1.94. The molecule has 1 saturated heterocycles. The highest BCUT2D eigenvalue weighted by Gasteiger charge is 2.45. The van der Waals surface area contributed by atoms with E-state index in [1.54, 1.807) is 0 Å². The monoisotopic (exact) mass is 264 g/mol. The van der Waals surface area contributed by atoms with Gasteiger partial charge in [-0.15, -0.1) is 11.6 Å². The van der Waals surface area contributed by atoms with Crippen LogP contribution >= 0.6 is 11.6 Å². The predicted molar refractivity (Wildman–Crippen MR) is 56.9 cm³/mol. The van der Waals surface area contributed by atoms with Crippen LogP contribution in [-0.4, -0.2) is 38.9 Å². The predicted octanol–water partition coefficient (Wildman–Crippen LogP) is -0.628. The Morgan fingerprint density at radius 2 is 2.29 bits per heavy atom. The van der Waals surface area contributed by atoms with Gasteiger partial charge in [0.05, 0.1) is 5.88 Å². The number of nitrogens with zero attached hydrogens (tertiary/aromatic N) is 1. The first-order chi connectivity index (χ1) is 8.04. The number of halogens is 2. The summed E-state index contributed by atoms with van der Waals surface area (Å²) in [6.07, 6.45) is -4.21. The Kier molecular flexibility index (Phi) is 3.32. The molecule has 1 aliphatic heterocycles. The van der Waals surface area contributed by atoms with E-state index in [1.165, 1.54) is 0 Å². The van der Waals surface area contributed by atoms with Crippen LogP contribution in [0, 0.1) is 0 Å². The highest BCUT2D eigenvalue weighted by Crippen LogP contribution is 2.31. The van der Waals surface area contributed by atoms with Crippen molar-refractivity contribution in [2.24, 2.45) is 0 Å². The number of nitrogens with one attached hydrogen (secondary N) is 1. The molecule has 2 rings (SSSR count). The van der Waals surface area contributed by atoms with Crippen LogP contribution in [0.25, 0.3) is 0 Å². The summed E-state index contributed by atoms with van der Waals surface area (Å²) in [6, 6.07) is 1.07. The molecule has 1 aliphatic rings. The molecule has 0 aliphatic carbocycles. The summed E-state index contributed by atoms with van der Waals surface area (Å²) in [5.74, 6) is -0.0871. The number of ether oxygens (including phenoxy) is 1. The summed E-state index contributed by atoms with van der Waals surface area (Å²) in [4.78, 5) is 24.2. The number of aliphatic hydroxyl groups is 1. The standard InChI is InChI=1S/C9H10ClFN2O4/c10-3-4-7(15)6(11)8(17-4)13-2-1-5(14)12-9(13)16/h1-2,4,6-8,15H,3H2,(H,12,14,16)/t4-,6+,7+,8+/m0/s1. The van der Waals surface area contributed by atoms with E-state index in [2.05, 4.69) is 0 Å². The summed E-state index contributed by atoms with van der Waals surface area (Å²) in [5, 5.41) is 9.46. The third kappa shape index (κ3) is 2.13. The lowest BCUT2D eigenvalue weighted by molar-refractivity contribution is -0.0170. The number of hydrogen-bond acceptors (Lipinski definition) is 4. The van der Waals surface area contributed by atoms with Crippen LogP contribution < -0.4 is 11.2 Å². The molecule has 8 heteroatoms. The van der Waals surface area contributed by atoms with Crippen molar-refractivity contribution >= 4 is 11.6 Å². The molecule has 2 heterocycles. The molecule has 1 aromatic rings. The van der Waals surface area contributed by atoms with Gasteiger partial charge in [-0.25, -0.2) is 9.18 Å². The molecule has 0 aromatic carbocycles. The average molecular weight is 265 g/mol. The molecule has 2 N–H and O–H groups in total. The van der Waals surface area contributed by atoms with Gasteiger partial charge in [0.1, 0.15) is 12.2 Å². The summed E-state index contributed by atoms with van der Waals surface area (Å²) in [6.45, 7) is 0. The Morgan fingerprint density at radius 3 is 2.82 bits per heavy atom. The number of aliphatic hydroxyl groups excluding tert-OH is 1. The SMILES string of the molecule is O=c1ccn([C@@H]2O[C@@H](CCl)[C@@H](O)[C@H]2F)c(=O)[nH]1. The van der Waals surface area contributed by atoms with Gasteiger partial charge in [0.15, 0.2) is 12.4 Å². The van der Waals surface area contributed by atoms with E-state index < -0.39 is 35.9 Å². The minimum atomic E-state index is -1.78. The Balaban J connectivity index is 2.35. The van der Waals surface area contributed by atoms with Crippen molar-refractivity contribution in [2.45, 2.75) is 24.6 Å². The Labute approximate surface area is 99.6 Å². The highest BCUT2D eigenvalue weighted by molar-refractivity contribution is 6.18. The van der Waals surface area contributed by atoms with Gasteiger partial charge in [0.2, 0.25) is 0 Å². The van der Waals surface area contributed by atoms with Crippen LogP contribution in [-0.2, 0) is 4.74 Å². The minimum Gasteiger partial charge on any atom is -0.387 e. The molecular weight excluding hydrogens is 255 g/mol. The van der Waals surface area contributed by atoms with Gasteiger partial charge in [-0.05, 0) is 0 Å². The van der Waals surface area contributed by atoms with E-state index in [9.17, 15) is 19.1 Å². The van der Waals surface area contributed by atoms with Crippen molar-refractivity contribution in [3.8, 4) is 0 Å². The fourth-order valence-electron chi connectivity index (χ4n) is 1.68. The van der Waals surface area contributed by atoms with Crippen LogP contribution in [0.3, 0.4) is 0 Å². The smallest absolute Gasteiger partial charge is 0.330 e. The molecule has 94 valence electrons. The van der Waals surface area contributed by atoms with Crippen molar-refractivity contribution in [3.63, 3.8) is 0 Å². The van der Waals surface area contributed by atoms with Crippen LogP contribution in [0.15, 0.2) is 21.9 Å². The number of alkyl halides is 2. The first-order valence-electron chi connectivity index (χ1n) is 4.89. The molecule has 1 fully saturated rings. The van der Waals surface area contributed by atoms with Gasteiger partial charge < -0.3 is 9.84 Å². The van der Waals surface area contributed by atoms with Gasteiger partial charge in [-0.2, -0.15) is 0 Å². The molecule has 0 saturated carbocycles. The van der Waals surface area contributed by atoms with Crippen molar-refractivity contribution < 1.29 is 14.2 Å². The molecule has 6 nitrogen and oxygen atoms in total. The van der Waals surface area contributed by atoms with Gasteiger partial charge in [-0.3, -0.25) is 14.3 Å². The lowest BCUT2D eigenvalue weighted by atomic mass is 10.2. The zero-order chi connectivity index (χ0) is 12.6. The summed E-state index contributed by atoms with van der Waals surface area (Å²) in [5.41, 5.74) is -1.39. The normalized spacial score (nSPS) is 32.9. The molecule has 0 unspecified atom stereocenters. The third-order valence-corrected chi connectivity index (χ3v) is 2.88. The number of rotatable bonds is 2. The first-order valence-corrected chi connectivity index (χ1v) is 5.43. The van der Waals surface area contributed by atoms with Gasteiger partial charge >= 0.3 is 5.69 Å². The fraction of sp³-hybridized carbons (Fsp3) is 0.556. The van der Waals surface area contributed by atoms with Gasteiger partial charge in [0, 0.05) is 12.3 Å². The van der Waals surface area contributed by atoms with Crippen molar-refractivity contribution in [2.75, 3.05) is 5.88 Å². The molecule has 0 amide bonds. The van der Waals surface area contributed by atoms with E-state index in [-0.39, 0.29) is 5.88 Å². The summed E-state index contributed by atoms with van der Waals surface area (Å²) in [7, 11) is 0. The van der Waals surface area contributed by atoms with Gasteiger partial charge in [-0.1, -0.05) is 0 Å². The maximum atomic E-state index is 13.7. The van der Waals surface area contributed by atoms with Crippen LogP contribution in [0.2, 0.25) is 0 Å².